The molecule has 0 saturated heterocycles. The number of aromatic nitrogens is 4. The van der Waals surface area contributed by atoms with Gasteiger partial charge < -0.3 is 10.1 Å². The molecule has 1 atom stereocenters. The first-order valence-corrected chi connectivity index (χ1v) is 9.02. The van der Waals surface area contributed by atoms with E-state index in [1.807, 2.05) is 60.1 Å². The van der Waals surface area contributed by atoms with E-state index >= 15 is 0 Å². The van der Waals surface area contributed by atoms with Gasteiger partial charge in [0.2, 0.25) is 0 Å². The van der Waals surface area contributed by atoms with Gasteiger partial charge in [-0.1, -0.05) is 29.8 Å². The lowest BCUT2D eigenvalue weighted by atomic mass is 10.2. The molecule has 1 saturated carbocycles. The molecule has 1 aliphatic carbocycles. The van der Waals surface area contributed by atoms with Gasteiger partial charge in [-0.05, 0) is 61.4 Å². The predicted molar refractivity (Wildman–Crippen MR) is 101 cm³/mol. The quantitative estimate of drug-likeness (QED) is 0.726. The molecule has 0 aliphatic heterocycles. The molecule has 27 heavy (non-hydrogen) atoms. The summed E-state index contributed by atoms with van der Waals surface area (Å²) in [6.07, 6.45) is 1.58. The summed E-state index contributed by atoms with van der Waals surface area (Å²) in [5, 5.41) is 14.9. The molecule has 1 N–H and O–H groups in total. The average molecular weight is 363 g/mol. The third kappa shape index (κ3) is 3.97. The van der Waals surface area contributed by atoms with Crippen LogP contribution < -0.4 is 10.1 Å². The van der Waals surface area contributed by atoms with Gasteiger partial charge in [-0.25, -0.2) is 4.68 Å². The van der Waals surface area contributed by atoms with Gasteiger partial charge >= 0.3 is 0 Å². The van der Waals surface area contributed by atoms with Gasteiger partial charge in [0, 0.05) is 11.3 Å². The van der Waals surface area contributed by atoms with Crippen LogP contribution in [0.4, 0.5) is 5.69 Å². The van der Waals surface area contributed by atoms with Gasteiger partial charge in [-0.3, -0.25) is 4.79 Å². The fourth-order valence-electron chi connectivity index (χ4n) is 2.80. The molecule has 1 fully saturated rings. The van der Waals surface area contributed by atoms with Crippen LogP contribution in [-0.4, -0.2) is 32.2 Å². The first-order valence-electron chi connectivity index (χ1n) is 9.02. The van der Waals surface area contributed by atoms with Gasteiger partial charge in [-0.2, -0.15) is 0 Å². The largest absolute Gasteiger partial charge is 0.481 e. The summed E-state index contributed by atoms with van der Waals surface area (Å²) in [5.41, 5.74) is 2.70. The summed E-state index contributed by atoms with van der Waals surface area (Å²) in [5.74, 6) is 1.17. The van der Waals surface area contributed by atoms with Crippen molar-refractivity contribution in [3.8, 4) is 17.1 Å². The Kier molecular flexibility index (Phi) is 4.58. The monoisotopic (exact) mass is 363 g/mol. The summed E-state index contributed by atoms with van der Waals surface area (Å²) in [7, 11) is 0. The topological polar surface area (TPSA) is 81.9 Å². The van der Waals surface area contributed by atoms with Crippen LogP contribution >= 0.6 is 0 Å². The smallest absolute Gasteiger partial charge is 0.265 e. The zero-order valence-electron chi connectivity index (χ0n) is 15.3. The van der Waals surface area contributed by atoms with Gasteiger partial charge in [0.05, 0.1) is 6.04 Å². The number of hydrogen-bond donors (Lipinski definition) is 1. The number of tetrazole rings is 1. The van der Waals surface area contributed by atoms with Crippen molar-refractivity contribution in [2.75, 3.05) is 5.32 Å². The van der Waals surface area contributed by atoms with Crippen molar-refractivity contribution in [3.63, 3.8) is 0 Å². The maximum Gasteiger partial charge on any atom is 0.265 e. The Labute approximate surface area is 157 Å². The van der Waals surface area contributed by atoms with Gasteiger partial charge in [-0.15, -0.1) is 5.10 Å². The molecule has 1 aliphatic rings. The number of rotatable bonds is 6. The molecule has 2 aromatic carbocycles. The maximum atomic E-state index is 12.5. The Morgan fingerprint density at radius 1 is 1.22 bits per heavy atom. The molecule has 1 heterocycles. The lowest BCUT2D eigenvalue weighted by Crippen LogP contribution is -2.30. The molecule has 0 spiro atoms. The van der Waals surface area contributed by atoms with E-state index in [0.29, 0.717) is 17.5 Å². The Morgan fingerprint density at radius 3 is 2.74 bits per heavy atom. The standard InChI is InChI=1S/C20H21N5O2/c1-13-6-10-18(11-7-13)27-14(2)20(26)21-16-5-3-4-15(12-16)19-22-23-24-25(19)17-8-9-17/h3-7,10-12,14,17H,8-9H2,1-2H3,(H,21,26)/t14-/m0/s1. The Balaban J connectivity index is 1.45. The van der Waals surface area contributed by atoms with Crippen LogP contribution in [0, 0.1) is 6.92 Å². The number of nitrogens with one attached hydrogen (secondary N) is 1. The Bertz CT molecular complexity index is 947. The molecule has 1 aromatic heterocycles. The highest BCUT2D eigenvalue weighted by Crippen LogP contribution is 2.36. The van der Waals surface area contributed by atoms with Crippen LogP contribution in [0.2, 0.25) is 0 Å². The number of aryl methyl sites for hydroxylation is 1. The van der Waals surface area contributed by atoms with E-state index in [1.165, 1.54) is 0 Å². The number of hydrogen-bond acceptors (Lipinski definition) is 5. The van der Waals surface area contributed by atoms with Gasteiger partial charge in [0.25, 0.3) is 5.91 Å². The lowest BCUT2D eigenvalue weighted by molar-refractivity contribution is -0.122. The van der Waals surface area contributed by atoms with Crippen molar-refractivity contribution in [1.82, 2.24) is 20.2 Å². The van der Waals surface area contributed by atoms with Crippen molar-refractivity contribution in [3.05, 3.63) is 54.1 Å². The highest BCUT2D eigenvalue weighted by Gasteiger charge is 2.28. The molecule has 4 rings (SSSR count). The molecule has 138 valence electrons. The number of ether oxygens (including phenoxy) is 1. The van der Waals surface area contributed by atoms with Crippen LogP contribution in [-0.2, 0) is 4.79 Å². The molecule has 7 heteroatoms. The zero-order chi connectivity index (χ0) is 18.8. The van der Waals surface area contributed by atoms with E-state index in [0.717, 1.165) is 29.8 Å². The van der Waals surface area contributed by atoms with E-state index in [9.17, 15) is 4.79 Å². The lowest BCUT2D eigenvalue weighted by Gasteiger charge is -2.15. The predicted octanol–water partition coefficient (Wildman–Crippen LogP) is 3.39. The average Bonchev–Trinajstić information content (AvgIpc) is 3.40. The summed E-state index contributed by atoms with van der Waals surface area (Å²) in [4.78, 5) is 12.5. The fraction of sp³-hybridized carbons (Fsp3) is 0.300. The third-order valence-corrected chi connectivity index (χ3v) is 4.48. The highest BCUT2D eigenvalue weighted by molar-refractivity contribution is 5.94. The normalized spacial score (nSPS) is 14.6. The van der Waals surface area contributed by atoms with E-state index in [-0.39, 0.29) is 5.91 Å². The van der Waals surface area contributed by atoms with Crippen LogP contribution in [0.1, 0.15) is 31.4 Å². The van der Waals surface area contributed by atoms with Gasteiger partial charge in [0.15, 0.2) is 11.9 Å². The summed E-state index contributed by atoms with van der Waals surface area (Å²) < 4.78 is 7.57. The van der Waals surface area contributed by atoms with Crippen molar-refractivity contribution in [2.45, 2.75) is 38.8 Å². The number of anilines is 1. The number of benzene rings is 2. The first kappa shape index (κ1) is 17.2. The van der Waals surface area contributed by atoms with Crippen LogP contribution in [0.25, 0.3) is 11.4 Å². The molecule has 3 aromatic rings. The second kappa shape index (κ2) is 7.19. The van der Waals surface area contributed by atoms with E-state index in [2.05, 4.69) is 20.8 Å². The molecule has 0 unspecified atom stereocenters. The molecule has 7 nitrogen and oxygen atoms in total. The van der Waals surface area contributed by atoms with Crippen molar-refractivity contribution in [2.24, 2.45) is 0 Å². The van der Waals surface area contributed by atoms with E-state index in [4.69, 9.17) is 4.74 Å². The summed E-state index contributed by atoms with van der Waals surface area (Å²) >= 11 is 0. The Morgan fingerprint density at radius 2 is 2.00 bits per heavy atom. The minimum atomic E-state index is -0.617. The summed E-state index contributed by atoms with van der Waals surface area (Å²) in [6.45, 7) is 3.74. The third-order valence-electron chi connectivity index (χ3n) is 4.48. The minimum Gasteiger partial charge on any atom is -0.481 e. The number of nitrogens with zero attached hydrogens (tertiary/aromatic N) is 4. The first-order chi connectivity index (χ1) is 13.1. The highest BCUT2D eigenvalue weighted by atomic mass is 16.5. The van der Waals surface area contributed by atoms with E-state index in [1.54, 1.807) is 6.92 Å². The van der Waals surface area contributed by atoms with E-state index < -0.39 is 6.10 Å². The molecule has 0 bridgehead atoms. The molecule has 1 amide bonds. The fourth-order valence-corrected chi connectivity index (χ4v) is 2.80. The molecular weight excluding hydrogens is 342 g/mol. The number of carbonyl (C=O) groups excluding carboxylic acids is 1. The van der Waals surface area contributed by atoms with Crippen LogP contribution in [0.5, 0.6) is 5.75 Å². The van der Waals surface area contributed by atoms with Gasteiger partial charge in [0.1, 0.15) is 5.75 Å². The second-order valence-electron chi connectivity index (χ2n) is 6.82. The van der Waals surface area contributed by atoms with Crippen molar-refractivity contribution in [1.29, 1.82) is 0 Å². The molecule has 0 radical (unpaired) electrons. The SMILES string of the molecule is Cc1ccc(O[C@@H](C)C(=O)Nc2cccc(-c3nnnn3C3CC3)c2)cc1. The van der Waals surface area contributed by atoms with Crippen LogP contribution in [0.3, 0.4) is 0 Å². The number of carbonyl (C=O) groups is 1. The molecular formula is C20H21N5O2. The number of amides is 1. The van der Waals surface area contributed by atoms with Crippen LogP contribution in [0.15, 0.2) is 48.5 Å². The Hall–Kier alpha value is -3.22. The second-order valence-corrected chi connectivity index (χ2v) is 6.82. The van der Waals surface area contributed by atoms with Crippen molar-refractivity contribution < 1.29 is 9.53 Å². The summed E-state index contributed by atoms with van der Waals surface area (Å²) in [6, 6.07) is 15.5. The minimum absolute atomic E-state index is 0.213. The zero-order valence-corrected chi connectivity index (χ0v) is 15.3. The maximum absolute atomic E-state index is 12.5. The van der Waals surface area contributed by atoms with Crippen molar-refractivity contribution >= 4 is 11.6 Å².